The molecule has 1 aliphatic rings. The van der Waals surface area contributed by atoms with Gasteiger partial charge in [-0.1, -0.05) is 0 Å². The molecule has 66 valence electrons. The average molecular weight is 169 g/mol. The van der Waals surface area contributed by atoms with Gasteiger partial charge in [-0.25, -0.2) is 0 Å². The zero-order chi connectivity index (χ0) is 9.14. The van der Waals surface area contributed by atoms with Crippen LogP contribution >= 0.6 is 0 Å². The van der Waals surface area contributed by atoms with Crippen molar-refractivity contribution >= 4 is 11.9 Å². The van der Waals surface area contributed by atoms with E-state index >= 15 is 0 Å². The third-order valence-electron chi connectivity index (χ3n) is 1.97. The molecule has 1 rings (SSSR count). The number of carboxylic acid groups (broad SMARTS) is 1. The third kappa shape index (κ3) is 1.84. The van der Waals surface area contributed by atoms with Gasteiger partial charge in [0.15, 0.2) is 0 Å². The number of amides is 1. The summed E-state index contributed by atoms with van der Waals surface area (Å²) >= 11 is 0. The fraction of sp³-hybridized carbons (Fsp3) is 0.500. The van der Waals surface area contributed by atoms with E-state index in [9.17, 15) is 9.59 Å². The number of aliphatic carboxylic acids is 1. The lowest BCUT2D eigenvalue weighted by atomic mass is 10.1. The topological polar surface area (TPSA) is 66.4 Å². The second kappa shape index (κ2) is 3.38. The summed E-state index contributed by atoms with van der Waals surface area (Å²) in [5, 5.41) is 11.0. The average Bonchev–Trinajstić information content (AvgIpc) is 2.30. The lowest BCUT2D eigenvalue weighted by Gasteiger charge is -1.97. The molecule has 0 aliphatic carbocycles. The van der Waals surface area contributed by atoms with Crippen LogP contribution in [0.5, 0.6) is 0 Å². The van der Waals surface area contributed by atoms with Crippen LogP contribution in [0.3, 0.4) is 0 Å². The molecule has 12 heavy (non-hydrogen) atoms. The first-order valence-corrected chi connectivity index (χ1v) is 3.80. The molecule has 0 saturated carbocycles. The zero-order valence-electron chi connectivity index (χ0n) is 6.89. The van der Waals surface area contributed by atoms with Gasteiger partial charge < -0.3 is 10.4 Å². The predicted octanol–water partition coefficient (Wildman–Crippen LogP) is 0.298. The Morgan fingerprint density at radius 3 is 2.75 bits per heavy atom. The Morgan fingerprint density at radius 2 is 2.33 bits per heavy atom. The molecule has 0 aromatic heterocycles. The Labute approximate surface area is 70.3 Å². The van der Waals surface area contributed by atoms with Crippen molar-refractivity contribution in [3.8, 4) is 0 Å². The van der Waals surface area contributed by atoms with Crippen LogP contribution in [0.4, 0.5) is 0 Å². The van der Waals surface area contributed by atoms with E-state index in [2.05, 4.69) is 5.32 Å². The number of hydrogen-bond donors (Lipinski definition) is 2. The van der Waals surface area contributed by atoms with Gasteiger partial charge in [-0.15, -0.1) is 0 Å². The molecule has 0 spiro atoms. The predicted molar refractivity (Wildman–Crippen MR) is 42.6 cm³/mol. The second-order valence-electron chi connectivity index (χ2n) is 2.80. The Morgan fingerprint density at radius 1 is 1.67 bits per heavy atom. The van der Waals surface area contributed by atoms with E-state index in [1.165, 1.54) is 0 Å². The van der Waals surface area contributed by atoms with Crippen molar-refractivity contribution in [2.75, 3.05) is 6.54 Å². The minimum atomic E-state index is -0.824. The van der Waals surface area contributed by atoms with E-state index in [1.807, 2.05) is 0 Å². The Kier molecular flexibility index (Phi) is 2.47. The monoisotopic (exact) mass is 169 g/mol. The number of rotatable bonds is 3. The van der Waals surface area contributed by atoms with Crippen LogP contribution in [0.25, 0.3) is 0 Å². The van der Waals surface area contributed by atoms with E-state index in [1.54, 1.807) is 6.92 Å². The SMILES string of the molecule is CC1=C(CCC(=O)O)CNC1=O. The maximum atomic E-state index is 10.9. The minimum absolute atomic E-state index is 0.0737. The molecular formula is C8H11NO3. The molecule has 2 N–H and O–H groups in total. The van der Waals surface area contributed by atoms with Crippen molar-refractivity contribution < 1.29 is 14.7 Å². The number of carbonyl (C=O) groups excluding carboxylic acids is 1. The normalized spacial score (nSPS) is 16.6. The molecule has 0 atom stereocenters. The third-order valence-corrected chi connectivity index (χ3v) is 1.97. The first kappa shape index (κ1) is 8.77. The van der Waals surface area contributed by atoms with Crippen molar-refractivity contribution in [2.24, 2.45) is 0 Å². The van der Waals surface area contributed by atoms with Crippen molar-refractivity contribution in [1.82, 2.24) is 5.32 Å². The summed E-state index contributed by atoms with van der Waals surface area (Å²) in [5.74, 6) is -0.898. The second-order valence-corrected chi connectivity index (χ2v) is 2.80. The fourth-order valence-corrected chi connectivity index (χ4v) is 1.15. The van der Waals surface area contributed by atoms with Gasteiger partial charge in [0.05, 0.1) is 0 Å². The van der Waals surface area contributed by atoms with Crippen molar-refractivity contribution in [2.45, 2.75) is 19.8 Å². The molecule has 1 heterocycles. The molecule has 4 nitrogen and oxygen atoms in total. The molecule has 0 aromatic carbocycles. The molecule has 1 amide bonds. The van der Waals surface area contributed by atoms with E-state index in [-0.39, 0.29) is 12.3 Å². The van der Waals surface area contributed by atoms with Crippen LogP contribution in [0, 0.1) is 0 Å². The maximum Gasteiger partial charge on any atom is 0.303 e. The van der Waals surface area contributed by atoms with Gasteiger partial charge in [-0.3, -0.25) is 9.59 Å². The largest absolute Gasteiger partial charge is 0.481 e. The van der Waals surface area contributed by atoms with Crippen molar-refractivity contribution in [1.29, 1.82) is 0 Å². The molecule has 0 unspecified atom stereocenters. The Balaban J connectivity index is 2.53. The summed E-state index contributed by atoms with van der Waals surface area (Å²) in [5.41, 5.74) is 1.60. The van der Waals surface area contributed by atoms with Gasteiger partial charge in [0.25, 0.3) is 0 Å². The lowest BCUT2D eigenvalue weighted by molar-refractivity contribution is -0.137. The summed E-state index contributed by atoms with van der Waals surface area (Å²) < 4.78 is 0. The quantitative estimate of drug-likeness (QED) is 0.638. The molecule has 0 saturated heterocycles. The van der Waals surface area contributed by atoms with Crippen molar-refractivity contribution in [3.63, 3.8) is 0 Å². The van der Waals surface area contributed by atoms with Gasteiger partial charge >= 0.3 is 5.97 Å². The van der Waals surface area contributed by atoms with Crippen LogP contribution in [0.1, 0.15) is 19.8 Å². The smallest absolute Gasteiger partial charge is 0.303 e. The Hall–Kier alpha value is -1.32. The highest BCUT2D eigenvalue weighted by molar-refractivity contribution is 5.96. The molecule has 4 heteroatoms. The maximum absolute atomic E-state index is 10.9. The number of carboxylic acids is 1. The van der Waals surface area contributed by atoms with Crippen molar-refractivity contribution in [3.05, 3.63) is 11.1 Å². The van der Waals surface area contributed by atoms with Gasteiger partial charge in [-0.2, -0.15) is 0 Å². The van der Waals surface area contributed by atoms with E-state index in [0.717, 1.165) is 5.57 Å². The first-order chi connectivity index (χ1) is 5.61. The van der Waals surface area contributed by atoms with Gasteiger partial charge in [0.2, 0.25) is 5.91 Å². The minimum Gasteiger partial charge on any atom is -0.481 e. The van der Waals surface area contributed by atoms with E-state index in [0.29, 0.717) is 18.5 Å². The Bertz CT molecular complexity index is 255. The van der Waals surface area contributed by atoms with Crippen LogP contribution in [0.15, 0.2) is 11.1 Å². The summed E-state index contributed by atoms with van der Waals surface area (Å²) in [6.45, 7) is 2.23. The van der Waals surface area contributed by atoms with E-state index in [4.69, 9.17) is 5.11 Å². The summed E-state index contributed by atoms with van der Waals surface area (Å²) in [6.07, 6.45) is 0.571. The molecule has 0 radical (unpaired) electrons. The van der Waals surface area contributed by atoms with Crippen LogP contribution in [-0.2, 0) is 9.59 Å². The van der Waals surface area contributed by atoms with Gasteiger partial charge in [-0.05, 0) is 18.9 Å². The zero-order valence-corrected chi connectivity index (χ0v) is 6.89. The van der Waals surface area contributed by atoms with Crippen LogP contribution in [0.2, 0.25) is 0 Å². The van der Waals surface area contributed by atoms with Crippen LogP contribution < -0.4 is 5.32 Å². The first-order valence-electron chi connectivity index (χ1n) is 3.80. The highest BCUT2D eigenvalue weighted by Crippen LogP contribution is 2.15. The molecule has 0 aromatic rings. The number of hydrogen-bond acceptors (Lipinski definition) is 2. The lowest BCUT2D eigenvalue weighted by Crippen LogP contribution is -2.16. The molecular weight excluding hydrogens is 158 g/mol. The summed E-state index contributed by atoms with van der Waals surface area (Å²) in [7, 11) is 0. The molecule has 1 aliphatic heterocycles. The van der Waals surface area contributed by atoms with E-state index < -0.39 is 5.97 Å². The highest BCUT2D eigenvalue weighted by Gasteiger charge is 2.18. The van der Waals surface area contributed by atoms with Crippen LogP contribution in [-0.4, -0.2) is 23.5 Å². The number of carbonyl (C=O) groups is 2. The fourth-order valence-electron chi connectivity index (χ4n) is 1.15. The molecule has 0 bridgehead atoms. The highest BCUT2D eigenvalue weighted by atomic mass is 16.4. The summed E-state index contributed by atoms with van der Waals surface area (Å²) in [6, 6.07) is 0. The van der Waals surface area contributed by atoms with Gasteiger partial charge in [0, 0.05) is 18.5 Å². The number of nitrogens with one attached hydrogen (secondary N) is 1. The standard InChI is InChI=1S/C8H11NO3/c1-5-6(2-3-7(10)11)4-9-8(5)12/h2-4H2,1H3,(H,9,12)(H,10,11). The van der Waals surface area contributed by atoms with Gasteiger partial charge in [0.1, 0.15) is 0 Å². The summed E-state index contributed by atoms with van der Waals surface area (Å²) in [4.78, 5) is 21.1. The molecule has 0 fully saturated rings.